The standard InChI is InChI=1S/C20H17FN4O2/c21-14-5-3-4-13(12-14)17-19(26)24-10-11-25(17)20(27)16-7-2-1-6-15(16)18-22-8-9-23-18/h1-9,12,17H,10-11H2,(H,22,23)(H,24,26). The summed E-state index contributed by atoms with van der Waals surface area (Å²) in [6.45, 7) is 0.678. The number of nitrogens with zero attached hydrogens (tertiary/aromatic N) is 2. The molecule has 7 heteroatoms. The van der Waals surface area contributed by atoms with Crippen LogP contribution in [-0.4, -0.2) is 39.8 Å². The van der Waals surface area contributed by atoms with Crippen LogP contribution >= 0.6 is 0 Å². The van der Waals surface area contributed by atoms with E-state index in [2.05, 4.69) is 15.3 Å². The van der Waals surface area contributed by atoms with Gasteiger partial charge in [-0.15, -0.1) is 0 Å². The van der Waals surface area contributed by atoms with Crippen LogP contribution in [0.2, 0.25) is 0 Å². The molecule has 6 nitrogen and oxygen atoms in total. The van der Waals surface area contributed by atoms with Gasteiger partial charge in [0.05, 0.1) is 5.56 Å². The summed E-state index contributed by atoms with van der Waals surface area (Å²) in [5, 5.41) is 2.75. The predicted octanol–water partition coefficient (Wildman–Crippen LogP) is 2.53. The third-order valence-electron chi connectivity index (χ3n) is 4.55. The van der Waals surface area contributed by atoms with Gasteiger partial charge in [-0.25, -0.2) is 9.37 Å². The second kappa shape index (κ2) is 7.03. The summed E-state index contributed by atoms with van der Waals surface area (Å²) >= 11 is 0. The molecule has 2 amide bonds. The van der Waals surface area contributed by atoms with Crippen LogP contribution in [0.1, 0.15) is 22.0 Å². The lowest BCUT2D eigenvalue weighted by atomic mass is 9.99. The number of imidazole rings is 1. The van der Waals surface area contributed by atoms with E-state index in [1.807, 2.05) is 6.07 Å². The Kier molecular flexibility index (Phi) is 4.42. The summed E-state index contributed by atoms with van der Waals surface area (Å²) in [5.74, 6) is -0.501. The van der Waals surface area contributed by atoms with Crippen molar-refractivity contribution in [2.24, 2.45) is 0 Å². The summed E-state index contributed by atoms with van der Waals surface area (Å²) in [5.41, 5.74) is 1.52. The van der Waals surface area contributed by atoms with E-state index in [-0.39, 0.29) is 11.8 Å². The van der Waals surface area contributed by atoms with E-state index in [4.69, 9.17) is 0 Å². The summed E-state index contributed by atoms with van der Waals surface area (Å²) in [7, 11) is 0. The average Bonchev–Trinajstić information content (AvgIpc) is 3.22. The highest BCUT2D eigenvalue weighted by Gasteiger charge is 2.35. The molecule has 2 N–H and O–H groups in total. The summed E-state index contributed by atoms with van der Waals surface area (Å²) in [4.78, 5) is 34.6. The number of benzene rings is 2. The maximum absolute atomic E-state index is 13.7. The van der Waals surface area contributed by atoms with Crippen molar-refractivity contribution in [1.82, 2.24) is 20.2 Å². The maximum atomic E-state index is 13.7. The molecule has 0 spiro atoms. The van der Waals surface area contributed by atoms with Gasteiger partial charge < -0.3 is 15.2 Å². The third kappa shape index (κ3) is 3.19. The lowest BCUT2D eigenvalue weighted by molar-refractivity contribution is -0.128. The number of nitrogens with one attached hydrogen (secondary N) is 2. The molecule has 2 heterocycles. The number of carbonyl (C=O) groups is 2. The first-order valence-electron chi connectivity index (χ1n) is 8.58. The molecule has 0 saturated carbocycles. The Morgan fingerprint density at radius 1 is 1.19 bits per heavy atom. The van der Waals surface area contributed by atoms with Gasteiger partial charge in [0.2, 0.25) is 5.91 Å². The first-order chi connectivity index (χ1) is 13.1. The van der Waals surface area contributed by atoms with Crippen molar-refractivity contribution in [3.8, 4) is 11.4 Å². The molecule has 0 bridgehead atoms. The van der Waals surface area contributed by atoms with Gasteiger partial charge in [0.15, 0.2) is 0 Å². The Labute approximate surface area is 155 Å². The smallest absolute Gasteiger partial charge is 0.255 e. The van der Waals surface area contributed by atoms with Crippen LogP contribution in [0.25, 0.3) is 11.4 Å². The van der Waals surface area contributed by atoms with Crippen molar-refractivity contribution in [2.75, 3.05) is 13.1 Å². The number of piperazine rings is 1. The highest BCUT2D eigenvalue weighted by molar-refractivity contribution is 6.02. The minimum atomic E-state index is -0.883. The van der Waals surface area contributed by atoms with Crippen molar-refractivity contribution in [1.29, 1.82) is 0 Å². The van der Waals surface area contributed by atoms with E-state index >= 15 is 0 Å². The number of aromatic nitrogens is 2. The van der Waals surface area contributed by atoms with Crippen LogP contribution in [0, 0.1) is 5.82 Å². The SMILES string of the molecule is O=C1NCCN(C(=O)c2ccccc2-c2ncc[nH]2)C1c1cccc(F)c1. The second-order valence-corrected chi connectivity index (χ2v) is 6.23. The van der Waals surface area contributed by atoms with Gasteiger partial charge in [-0.05, 0) is 23.8 Å². The number of amides is 2. The minimum Gasteiger partial charge on any atom is -0.352 e. The molecule has 136 valence electrons. The van der Waals surface area contributed by atoms with Gasteiger partial charge in [0.1, 0.15) is 17.7 Å². The zero-order valence-electron chi connectivity index (χ0n) is 14.4. The van der Waals surface area contributed by atoms with Crippen LogP contribution in [0.4, 0.5) is 4.39 Å². The Morgan fingerprint density at radius 3 is 2.81 bits per heavy atom. The number of halogens is 1. The van der Waals surface area contributed by atoms with Gasteiger partial charge in [0.25, 0.3) is 5.91 Å². The molecule has 2 aromatic carbocycles. The topological polar surface area (TPSA) is 78.1 Å². The largest absolute Gasteiger partial charge is 0.352 e. The van der Waals surface area contributed by atoms with Gasteiger partial charge in [-0.1, -0.05) is 30.3 Å². The first-order valence-corrected chi connectivity index (χ1v) is 8.58. The van der Waals surface area contributed by atoms with Gasteiger partial charge in [0, 0.05) is 31.0 Å². The molecule has 1 aromatic heterocycles. The molecular formula is C20H17FN4O2. The zero-order valence-corrected chi connectivity index (χ0v) is 14.4. The fourth-order valence-electron chi connectivity index (χ4n) is 3.34. The Morgan fingerprint density at radius 2 is 2.04 bits per heavy atom. The molecule has 1 atom stereocenters. The molecule has 3 aromatic rings. The van der Waals surface area contributed by atoms with Crippen molar-refractivity contribution in [2.45, 2.75) is 6.04 Å². The van der Waals surface area contributed by atoms with Crippen molar-refractivity contribution < 1.29 is 14.0 Å². The first kappa shape index (κ1) is 17.0. The van der Waals surface area contributed by atoms with Gasteiger partial charge >= 0.3 is 0 Å². The highest BCUT2D eigenvalue weighted by atomic mass is 19.1. The van der Waals surface area contributed by atoms with Gasteiger partial charge in [-0.2, -0.15) is 0 Å². The fraction of sp³-hybridized carbons (Fsp3) is 0.150. The number of aromatic amines is 1. The van der Waals surface area contributed by atoms with Crippen LogP contribution in [0.3, 0.4) is 0 Å². The molecule has 1 aliphatic rings. The lowest BCUT2D eigenvalue weighted by Gasteiger charge is -2.35. The molecule has 1 fully saturated rings. The van der Waals surface area contributed by atoms with Crippen molar-refractivity contribution in [3.05, 3.63) is 77.9 Å². The van der Waals surface area contributed by atoms with E-state index in [1.165, 1.54) is 23.1 Å². The molecule has 0 aliphatic carbocycles. The summed E-state index contributed by atoms with van der Waals surface area (Å²) in [6, 6.07) is 12.0. The number of carbonyl (C=O) groups excluding carboxylic acids is 2. The predicted molar refractivity (Wildman–Crippen MR) is 97.2 cm³/mol. The third-order valence-corrected chi connectivity index (χ3v) is 4.55. The molecular weight excluding hydrogens is 347 g/mol. The molecule has 1 aliphatic heterocycles. The van der Waals surface area contributed by atoms with E-state index in [1.54, 1.807) is 36.7 Å². The van der Waals surface area contributed by atoms with Crippen LogP contribution in [0.5, 0.6) is 0 Å². The lowest BCUT2D eigenvalue weighted by Crippen LogP contribution is -2.52. The minimum absolute atomic E-state index is 0.300. The highest BCUT2D eigenvalue weighted by Crippen LogP contribution is 2.28. The Hall–Kier alpha value is -3.48. The molecule has 27 heavy (non-hydrogen) atoms. The number of hydrogen-bond acceptors (Lipinski definition) is 3. The van der Waals surface area contributed by atoms with E-state index in [0.29, 0.717) is 35.6 Å². The van der Waals surface area contributed by atoms with Crippen LogP contribution in [-0.2, 0) is 4.79 Å². The molecule has 0 radical (unpaired) electrons. The summed E-state index contributed by atoms with van der Waals surface area (Å²) < 4.78 is 13.7. The zero-order chi connectivity index (χ0) is 18.8. The van der Waals surface area contributed by atoms with E-state index in [0.717, 1.165) is 0 Å². The molecule has 1 unspecified atom stereocenters. The maximum Gasteiger partial charge on any atom is 0.255 e. The van der Waals surface area contributed by atoms with E-state index in [9.17, 15) is 14.0 Å². The Bertz CT molecular complexity index is 987. The Balaban J connectivity index is 1.75. The number of rotatable bonds is 3. The fourth-order valence-corrected chi connectivity index (χ4v) is 3.34. The van der Waals surface area contributed by atoms with Crippen molar-refractivity contribution >= 4 is 11.8 Å². The van der Waals surface area contributed by atoms with Gasteiger partial charge in [-0.3, -0.25) is 9.59 Å². The van der Waals surface area contributed by atoms with Crippen LogP contribution < -0.4 is 5.32 Å². The summed E-state index contributed by atoms with van der Waals surface area (Å²) in [6.07, 6.45) is 3.29. The quantitative estimate of drug-likeness (QED) is 0.750. The monoisotopic (exact) mass is 364 g/mol. The number of H-pyrrole nitrogens is 1. The average molecular weight is 364 g/mol. The second-order valence-electron chi connectivity index (χ2n) is 6.23. The molecule has 1 saturated heterocycles. The van der Waals surface area contributed by atoms with Crippen molar-refractivity contribution in [3.63, 3.8) is 0 Å². The van der Waals surface area contributed by atoms with Crippen LogP contribution in [0.15, 0.2) is 60.9 Å². The molecule has 4 rings (SSSR count). The van der Waals surface area contributed by atoms with E-state index < -0.39 is 11.9 Å². The normalized spacial score (nSPS) is 16.9. The number of hydrogen-bond donors (Lipinski definition) is 2.